The van der Waals surface area contributed by atoms with Gasteiger partial charge in [-0.1, -0.05) is 43.7 Å². The summed E-state index contributed by atoms with van der Waals surface area (Å²) >= 11 is 0. The highest BCUT2D eigenvalue weighted by molar-refractivity contribution is 5.97. The number of aryl methyl sites for hydroxylation is 1. The smallest absolute Gasteiger partial charge is 0.251 e. The predicted molar refractivity (Wildman–Crippen MR) is 118 cm³/mol. The number of amides is 2. The van der Waals surface area contributed by atoms with Gasteiger partial charge < -0.3 is 10.6 Å². The summed E-state index contributed by atoms with van der Waals surface area (Å²) in [5.74, 6) is -0.423. The Kier molecular flexibility index (Phi) is 7.01. The molecule has 6 nitrogen and oxygen atoms in total. The molecule has 0 aliphatic heterocycles. The Hall–Kier alpha value is -3.41. The van der Waals surface area contributed by atoms with Gasteiger partial charge in [0.2, 0.25) is 5.91 Å². The van der Waals surface area contributed by atoms with Gasteiger partial charge in [-0.05, 0) is 55.2 Å². The number of carbonyl (C=O) groups excluding carboxylic acids is 2. The molecule has 156 valence electrons. The molecule has 1 aromatic heterocycles. The van der Waals surface area contributed by atoms with Gasteiger partial charge in [0.25, 0.3) is 5.91 Å². The summed E-state index contributed by atoms with van der Waals surface area (Å²) in [6, 6.07) is 16.7. The Balaban J connectivity index is 1.53. The van der Waals surface area contributed by atoms with Crippen molar-refractivity contribution in [2.24, 2.45) is 5.92 Å². The highest BCUT2D eigenvalue weighted by Gasteiger charge is 2.24. The lowest BCUT2D eigenvalue weighted by molar-refractivity contribution is -0.123. The lowest BCUT2D eigenvalue weighted by Gasteiger charge is -2.22. The van der Waals surface area contributed by atoms with E-state index in [0.717, 1.165) is 16.8 Å². The monoisotopic (exact) mass is 404 g/mol. The van der Waals surface area contributed by atoms with E-state index in [1.165, 1.54) is 0 Å². The van der Waals surface area contributed by atoms with Crippen LogP contribution in [0.3, 0.4) is 0 Å². The maximum absolute atomic E-state index is 12.7. The third kappa shape index (κ3) is 5.56. The first-order valence-electron chi connectivity index (χ1n) is 10.2. The molecule has 0 radical (unpaired) electrons. The van der Waals surface area contributed by atoms with Crippen LogP contribution in [0.1, 0.15) is 35.3 Å². The van der Waals surface area contributed by atoms with Crippen LogP contribution >= 0.6 is 0 Å². The van der Waals surface area contributed by atoms with Crippen molar-refractivity contribution in [2.45, 2.75) is 33.2 Å². The minimum Gasteiger partial charge on any atom is -0.354 e. The number of benzene rings is 2. The van der Waals surface area contributed by atoms with Crippen molar-refractivity contribution in [3.8, 4) is 5.69 Å². The first-order chi connectivity index (χ1) is 14.4. The summed E-state index contributed by atoms with van der Waals surface area (Å²) in [5, 5.41) is 10.0. The Bertz CT molecular complexity index is 979. The van der Waals surface area contributed by atoms with Crippen LogP contribution in [0.15, 0.2) is 67.0 Å². The highest BCUT2D eigenvalue weighted by atomic mass is 16.2. The molecule has 3 aromatic rings. The maximum Gasteiger partial charge on any atom is 0.251 e. The quantitative estimate of drug-likeness (QED) is 0.605. The zero-order chi connectivity index (χ0) is 21.5. The number of hydrogen-bond acceptors (Lipinski definition) is 3. The first kappa shape index (κ1) is 21.3. The van der Waals surface area contributed by atoms with Crippen LogP contribution in [0.2, 0.25) is 0 Å². The largest absolute Gasteiger partial charge is 0.354 e. The average molecular weight is 405 g/mol. The van der Waals surface area contributed by atoms with Crippen molar-refractivity contribution < 1.29 is 9.59 Å². The van der Waals surface area contributed by atoms with E-state index in [1.54, 1.807) is 16.9 Å². The number of rotatable bonds is 8. The molecule has 0 aliphatic carbocycles. The number of nitrogens with one attached hydrogen (secondary N) is 2. The SMILES string of the molecule is Cc1cccc(C(=O)NC(C(=O)NCCc2ccc(-n3cccn3)cc2)C(C)C)c1. The molecule has 0 spiro atoms. The fourth-order valence-electron chi connectivity index (χ4n) is 3.22. The summed E-state index contributed by atoms with van der Waals surface area (Å²) in [6.45, 7) is 6.29. The van der Waals surface area contributed by atoms with Crippen molar-refractivity contribution >= 4 is 11.8 Å². The molecule has 1 heterocycles. The third-order valence-electron chi connectivity index (χ3n) is 4.93. The number of hydrogen-bond donors (Lipinski definition) is 2. The normalized spacial score (nSPS) is 11.9. The van der Waals surface area contributed by atoms with Crippen molar-refractivity contribution in [1.82, 2.24) is 20.4 Å². The Morgan fingerprint density at radius 1 is 1.07 bits per heavy atom. The predicted octanol–water partition coefficient (Wildman–Crippen LogP) is 3.29. The molecule has 2 N–H and O–H groups in total. The second-order valence-electron chi connectivity index (χ2n) is 7.72. The van der Waals surface area contributed by atoms with Gasteiger partial charge in [0, 0.05) is 24.5 Å². The molecule has 0 saturated carbocycles. The molecule has 0 fully saturated rings. The highest BCUT2D eigenvalue weighted by Crippen LogP contribution is 2.10. The van der Waals surface area contributed by atoms with E-state index in [4.69, 9.17) is 0 Å². The van der Waals surface area contributed by atoms with Crippen LogP contribution in [0.4, 0.5) is 0 Å². The Morgan fingerprint density at radius 2 is 1.83 bits per heavy atom. The molecule has 0 bridgehead atoms. The molecule has 2 aromatic carbocycles. The van der Waals surface area contributed by atoms with Crippen molar-refractivity contribution in [2.75, 3.05) is 6.54 Å². The molecule has 30 heavy (non-hydrogen) atoms. The van der Waals surface area contributed by atoms with E-state index in [0.29, 0.717) is 18.5 Å². The van der Waals surface area contributed by atoms with Crippen LogP contribution in [-0.4, -0.2) is 34.2 Å². The van der Waals surface area contributed by atoms with Crippen LogP contribution < -0.4 is 10.6 Å². The van der Waals surface area contributed by atoms with Crippen molar-refractivity contribution in [1.29, 1.82) is 0 Å². The minimum absolute atomic E-state index is 0.0212. The zero-order valence-electron chi connectivity index (χ0n) is 17.6. The average Bonchev–Trinajstić information content (AvgIpc) is 3.27. The van der Waals surface area contributed by atoms with Gasteiger partial charge in [-0.2, -0.15) is 5.10 Å². The van der Waals surface area contributed by atoms with E-state index in [2.05, 4.69) is 15.7 Å². The van der Waals surface area contributed by atoms with Crippen molar-refractivity contribution in [3.05, 3.63) is 83.7 Å². The molecular weight excluding hydrogens is 376 g/mol. The van der Waals surface area contributed by atoms with Gasteiger partial charge in [-0.15, -0.1) is 0 Å². The summed E-state index contributed by atoms with van der Waals surface area (Å²) < 4.78 is 1.80. The molecule has 6 heteroatoms. The fourth-order valence-corrected chi connectivity index (χ4v) is 3.22. The topological polar surface area (TPSA) is 76.0 Å². The third-order valence-corrected chi connectivity index (χ3v) is 4.93. The Labute approximate surface area is 177 Å². The lowest BCUT2D eigenvalue weighted by atomic mass is 10.0. The molecule has 0 saturated heterocycles. The summed E-state index contributed by atoms with van der Waals surface area (Å²) in [4.78, 5) is 25.2. The van der Waals surface area contributed by atoms with Crippen LogP contribution in [0.5, 0.6) is 0 Å². The number of carbonyl (C=O) groups is 2. The summed E-state index contributed by atoms with van der Waals surface area (Å²) in [5.41, 5.74) is 3.68. The summed E-state index contributed by atoms with van der Waals surface area (Å²) in [7, 11) is 0. The summed E-state index contributed by atoms with van der Waals surface area (Å²) in [6.07, 6.45) is 4.35. The molecule has 0 aliphatic rings. The van der Waals surface area contributed by atoms with Crippen LogP contribution in [0, 0.1) is 12.8 Å². The van der Waals surface area contributed by atoms with Gasteiger partial charge in [-0.3, -0.25) is 9.59 Å². The van der Waals surface area contributed by atoms with Gasteiger partial charge in [0.05, 0.1) is 5.69 Å². The van der Waals surface area contributed by atoms with Crippen LogP contribution in [0.25, 0.3) is 5.69 Å². The molecule has 2 amide bonds. The van der Waals surface area contributed by atoms with Gasteiger partial charge in [0.1, 0.15) is 6.04 Å². The van der Waals surface area contributed by atoms with E-state index >= 15 is 0 Å². The van der Waals surface area contributed by atoms with E-state index in [-0.39, 0.29) is 17.7 Å². The second kappa shape index (κ2) is 9.87. The molecular formula is C24H28N4O2. The lowest BCUT2D eigenvalue weighted by Crippen LogP contribution is -2.50. The van der Waals surface area contributed by atoms with Gasteiger partial charge in [-0.25, -0.2) is 4.68 Å². The molecule has 3 rings (SSSR count). The van der Waals surface area contributed by atoms with Crippen molar-refractivity contribution in [3.63, 3.8) is 0 Å². The molecule has 1 unspecified atom stereocenters. The van der Waals surface area contributed by atoms with Crippen LogP contribution in [-0.2, 0) is 11.2 Å². The second-order valence-corrected chi connectivity index (χ2v) is 7.72. The Morgan fingerprint density at radius 3 is 2.47 bits per heavy atom. The van der Waals surface area contributed by atoms with Gasteiger partial charge >= 0.3 is 0 Å². The maximum atomic E-state index is 12.7. The van der Waals surface area contributed by atoms with E-state index in [9.17, 15) is 9.59 Å². The number of aromatic nitrogens is 2. The minimum atomic E-state index is -0.583. The standard InChI is InChI=1S/C24H28N4O2/c1-17(2)22(27-23(29)20-7-4-6-18(3)16-20)24(30)25-14-12-19-8-10-21(11-9-19)28-15-5-13-26-28/h4-11,13,15-17,22H,12,14H2,1-3H3,(H,25,30)(H,27,29). The van der Waals surface area contributed by atoms with E-state index in [1.807, 2.05) is 75.5 Å². The fraction of sp³-hybridized carbons (Fsp3) is 0.292. The van der Waals surface area contributed by atoms with E-state index < -0.39 is 6.04 Å². The first-order valence-corrected chi connectivity index (χ1v) is 10.2. The van der Waals surface area contributed by atoms with Gasteiger partial charge in [0.15, 0.2) is 0 Å². The zero-order valence-corrected chi connectivity index (χ0v) is 17.6. The number of nitrogens with zero attached hydrogens (tertiary/aromatic N) is 2. The molecule has 1 atom stereocenters.